The number of hydrogen-bond acceptors (Lipinski definition) is 2. The molecular formula is C26H25NO2. The predicted molar refractivity (Wildman–Crippen MR) is 120 cm³/mol. The molecule has 1 atom stereocenters. The zero-order chi connectivity index (χ0) is 20.5. The summed E-state index contributed by atoms with van der Waals surface area (Å²) in [5.41, 5.74) is 4.38. The topological polar surface area (TPSA) is 39.1 Å². The van der Waals surface area contributed by atoms with Crippen LogP contribution in [0.1, 0.15) is 47.4 Å². The first-order valence-corrected chi connectivity index (χ1v) is 10.2. The van der Waals surface area contributed by atoms with E-state index in [0.717, 1.165) is 45.9 Å². The Balaban J connectivity index is 1.87. The second kappa shape index (κ2) is 7.67. The Bertz CT molecular complexity index is 1210. The van der Waals surface area contributed by atoms with Gasteiger partial charge in [0.2, 0.25) is 0 Å². The van der Waals surface area contributed by atoms with Gasteiger partial charge in [-0.3, -0.25) is 9.59 Å². The van der Waals surface area contributed by atoms with Crippen LogP contribution in [0, 0.1) is 5.92 Å². The maximum atomic E-state index is 13.1. The number of aryl methyl sites for hydroxylation is 1. The third-order valence-corrected chi connectivity index (χ3v) is 5.67. The number of benzene rings is 2. The summed E-state index contributed by atoms with van der Waals surface area (Å²) in [5, 5.41) is 2.04. The lowest BCUT2D eigenvalue weighted by molar-refractivity contribution is 0.0959. The molecule has 1 aromatic heterocycles. The van der Waals surface area contributed by atoms with Gasteiger partial charge in [0.25, 0.3) is 0 Å². The van der Waals surface area contributed by atoms with Crippen molar-refractivity contribution in [3.05, 3.63) is 84.0 Å². The van der Waals surface area contributed by atoms with Gasteiger partial charge in [0.1, 0.15) is 0 Å². The van der Waals surface area contributed by atoms with Crippen molar-refractivity contribution in [1.29, 1.82) is 0 Å². The van der Waals surface area contributed by atoms with Crippen molar-refractivity contribution in [1.82, 2.24) is 4.57 Å². The molecule has 3 heteroatoms. The molecule has 1 aliphatic carbocycles. The van der Waals surface area contributed by atoms with Gasteiger partial charge in [-0.05, 0) is 55.3 Å². The maximum Gasteiger partial charge on any atom is 0.174 e. The number of rotatable bonds is 6. The monoisotopic (exact) mass is 383 g/mol. The molecule has 0 saturated carbocycles. The van der Waals surface area contributed by atoms with Crippen LogP contribution in [0.25, 0.3) is 21.8 Å². The molecular weight excluding hydrogens is 358 g/mol. The summed E-state index contributed by atoms with van der Waals surface area (Å²) in [6.07, 6.45) is 8.95. The number of carbonyl (C=O) groups is 2. The molecule has 2 aromatic carbocycles. The number of ketones is 2. The minimum atomic E-state index is -0.321. The summed E-state index contributed by atoms with van der Waals surface area (Å²) >= 11 is 0. The quantitative estimate of drug-likeness (QED) is 0.470. The third kappa shape index (κ3) is 3.27. The number of carbonyl (C=O) groups excluding carboxylic acids is 2. The normalized spacial score (nSPS) is 16.1. The van der Waals surface area contributed by atoms with Crippen molar-refractivity contribution in [2.75, 3.05) is 0 Å². The Morgan fingerprint density at radius 2 is 1.62 bits per heavy atom. The van der Waals surface area contributed by atoms with Crippen molar-refractivity contribution in [2.24, 2.45) is 5.92 Å². The number of fused-ring (bicyclic) bond motifs is 3. The van der Waals surface area contributed by atoms with Crippen LogP contribution in [0.2, 0.25) is 0 Å². The van der Waals surface area contributed by atoms with Gasteiger partial charge in [-0.2, -0.15) is 0 Å². The standard InChI is InChI=1S/C26H25NO2/c1-4-8-25(28)18-11-13-23-21(15-18)22-16-19(12-14-24(22)27(23)5-2)26(29)20-10-7-6-9-17(20)3/h6-7,9-16,20H,3-5,8H2,1-2H3. The van der Waals surface area contributed by atoms with Gasteiger partial charge in [0.15, 0.2) is 11.6 Å². The van der Waals surface area contributed by atoms with Crippen LogP contribution in [-0.4, -0.2) is 16.1 Å². The highest BCUT2D eigenvalue weighted by Crippen LogP contribution is 2.32. The molecule has 1 aliphatic rings. The van der Waals surface area contributed by atoms with Crippen LogP contribution in [0.5, 0.6) is 0 Å². The van der Waals surface area contributed by atoms with E-state index in [2.05, 4.69) is 18.1 Å². The molecule has 0 spiro atoms. The van der Waals surface area contributed by atoms with E-state index in [0.29, 0.717) is 12.0 Å². The van der Waals surface area contributed by atoms with Crippen molar-refractivity contribution < 1.29 is 9.59 Å². The molecule has 1 unspecified atom stereocenters. The van der Waals surface area contributed by atoms with E-state index in [4.69, 9.17) is 0 Å². The Kier molecular flexibility index (Phi) is 5.06. The summed E-state index contributed by atoms with van der Waals surface area (Å²) in [6.45, 7) is 8.96. The molecule has 0 amide bonds. The zero-order valence-electron chi connectivity index (χ0n) is 16.9. The van der Waals surface area contributed by atoms with E-state index in [1.807, 2.05) is 67.6 Å². The summed E-state index contributed by atoms with van der Waals surface area (Å²) in [6, 6.07) is 11.8. The molecule has 3 nitrogen and oxygen atoms in total. The van der Waals surface area contributed by atoms with Crippen molar-refractivity contribution in [2.45, 2.75) is 33.2 Å². The van der Waals surface area contributed by atoms with Crippen molar-refractivity contribution in [3.63, 3.8) is 0 Å². The molecule has 0 bridgehead atoms. The Labute approximate surface area is 171 Å². The van der Waals surface area contributed by atoms with E-state index in [9.17, 15) is 9.59 Å². The largest absolute Gasteiger partial charge is 0.341 e. The van der Waals surface area contributed by atoms with E-state index < -0.39 is 0 Å². The van der Waals surface area contributed by atoms with Gasteiger partial charge in [0.05, 0.1) is 5.92 Å². The zero-order valence-corrected chi connectivity index (χ0v) is 16.9. The lowest BCUT2D eigenvalue weighted by atomic mass is 9.88. The average Bonchev–Trinajstić information content (AvgIpc) is 3.06. The number of hydrogen-bond donors (Lipinski definition) is 0. The molecule has 29 heavy (non-hydrogen) atoms. The molecule has 0 fully saturated rings. The van der Waals surface area contributed by atoms with Crippen molar-refractivity contribution in [3.8, 4) is 0 Å². The van der Waals surface area contributed by atoms with Gasteiger partial charge < -0.3 is 4.57 Å². The number of allylic oxidation sites excluding steroid dienone is 5. The number of nitrogens with zero attached hydrogens (tertiary/aromatic N) is 1. The summed E-state index contributed by atoms with van der Waals surface area (Å²) in [4.78, 5) is 25.6. The van der Waals surface area contributed by atoms with E-state index in [1.54, 1.807) is 0 Å². The highest BCUT2D eigenvalue weighted by molar-refractivity contribution is 6.13. The van der Waals surface area contributed by atoms with Gasteiger partial charge in [-0.15, -0.1) is 0 Å². The maximum absolute atomic E-state index is 13.1. The minimum Gasteiger partial charge on any atom is -0.341 e. The minimum absolute atomic E-state index is 0.0492. The first-order chi connectivity index (χ1) is 14.0. The molecule has 0 aliphatic heterocycles. The second-order valence-corrected chi connectivity index (χ2v) is 7.54. The van der Waals surface area contributed by atoms with E-state index in [1.165, 1.54) is 0 Å². The summed E-state index contributed by atoms with van der Waals surface area (Å²) in [5.74, 6) is -0.110. The molecule has 1 heterocycles. The summed E-state index contributed by atoms with van der Waals surface area (Å²) < 4.78 is 2.23. The molecule has 3 aromatic rings. The smallest absolute Gasteiger partial charge is 0.174 e. The van der Waals surface area contributed by atoms with Crippen LogP contribution in [0.15, 0.2) is 72.9 Å². The van der Waals surface area contributed by atoms with Crippen LogP contribution >= 0.6 is 0 Å². The lowest BCUT2D eigenvalue weighted by Gasteiger charge is -2.14. The summed E-state index contributed by atoms with van der Waals surface area (Å²) in [7, 11) is 0. The predicted octanol–water partition coefficient (Wildman–Crippen LogP) is 6.28. The first-order valence-electron chi connectivity index (χ1n) is 10.2. The highest BCUT2D eigenvalue weighted by atomic mass is 16.1. The van der Waals surface area contributed by atoms with Crippen LogP contribution in [-0.2, 0) is 6.54 Å². The van der Waals surface area contributed by atoms with Crippen molar-refractivity contribution >= 4 is 33.4 Å². The fraction of sp³-hybridized carbons (Fsp3) is 0.231. The van der Waals surface area contributed by atoms with Crippen LogP contribution < -0.4 is 0 Å². The fourth-order valence-electron chi connectivity index (χ4n) is 4.16. The first kappa shape index (κ1) is 19.1. The average molecular weight is 383 g/mol. The molecule has 0 radical (unpaired) electrons. The van der Waals surface area contributed by atoms with Crippen LogP contribution in [0.4, 0.5) is 0 Å². The molecule has 4 rings (SSSR count). The van der Waals surface area contributed by atoms with E-state index in [-0.39, 0.29) is 17.5 Å². The Morgan fingerprint density at radius 1 is 0.966 bits per heavy atom. The Hall–Kier alpha value is -3.20. The second-order valence-electron chi connectivity index (χ2n) is 7.54. The number of aromatic nitrogens is 1. The SMILES string of the molecule is C=C1C=CC=CC1C(=O)c1ccc2c(c1)c1cc(C(=O)CCC)ccc1n2CC. The fourth-order valence-corrected chi connectivity index (χ4v) is 4.16. The molecule has 0 N–H and O–H groups in total. The van der Waals surface area contributed by atoms with E-state index >= 15 is 0 Å². The molecule has 146 valence electrons. The lowest BCUT2D eigenvalue weighted by Crippen LogP contribution is -2.15. The van der Waals surface area contributed by atoms with Gasteiger partial charge >= 0.3 is 0 Å². The third-order valence-electron chi connectivity index (χ3n) is 5.67. The van der Waals surface area contributed by atoms with Gasteiger partial charge in [0, 0.05) is 45.9 Å². The molecule has 0 saturated heterocycles. The number of Topliss-reactive ketones (excluding diaryl/α,β-unsaturated/α-hetero) is 2. The van der Waals surface area contributed by atoms with Crippen LogP contribution in [0.3, 0.4) is 0 Å². The Morgan fingerprint density at radius 3 is 2.24 bits per heavy atom. The van der Waals surface area contributed by atoms with Gasteiger partial charge in [-0.25, -0.2) is 0 Å². The highest BCUT2D eigenvalue weighted by Gasteiger charge is 2.22. The van der Waals surface area contributed by atoms with Gasteiger partial charge in [-0.1, -0.05) is 37.8 Å².